The monoisotopic (exact) mass is 443 g/mol. The molecule has 28 heavy (non-hydrogen) atoms. The molecular weight excluding hydrogens is 429 g/mol. The van der Waals surface area contributed by atoms with Crippen LogP contribution in [0.1, 0.15) is 32.9 Å². The van der Waals surface area contributed by atoms with Crippen molar-refractivity contribution >= 4 is 58.2 Å². The molecule has 1 aromatic carbocycles. The molecule has 1 atom stereocenters. The first-order valence-corrected chi connectivity index (χ1v) is 9.63. The Morgan fingerprint density at radius 3 is 2.36 bits per heavy atom. The highest BCUT2D eigenvalue weighted by Gasteiger charge is 2.25. The topological polar surface area (TPSA) is 110 Å². The van der Waals surface area contributed by atoms with Gasteiger partial charge in [0.25, 0.3) is 5.91 Å². The summed E-state index contributed by atoms with van der Waals surface area (Å²) in [5.41, 5.74) is -0.0802. The summed E-state index contributed by atoms with van der Waals surface area (Å²) in [6.07, 6.45) is -0.485. The van der Waals surface area contributed by atoms with Crippen LogP contribution in [0.3, 0.4) is 0 Å². The minimum absolute atomic E-state index is 0.0679. The number of Topliss-reactive ketones (excluding diaryl/α,β-unsaturated/α-hetero) is 1. The molecule has 0 bridgehead atoms. The van der Waals surface area contributed by atoms with Crippen molar-refractivity contribution in [2.45, 2.75) is 18.9 Å². The van der Waals surface area contributed by atoms with Gasteiger partial charge in [-0.1, -0.05) is 35.3 Å². The number of hydrogen-bond donors (Lipinski definition) is 2. The van der Waals surface area contributed by atoms with Crippen LogP contribution in [-0.2, 0) is 14.3 Å². The molecule has 2 aromatic rings. The van der Waals surface area contributed by atoms with E-state index in [2.05, 4.69) is 5.32 Å². The molecular formula is C18H15Cl2NO6S. The van der Waals surface area contributed by atoms with Gasteiger partial charge in [-0.3, -0.25) is 14.4 Å². The summed E-state index contributed by atoms with van der Waals surface area (Å²) in [4.78, 5) is 48.0. The average molecular weight is 444 g/mol. The number of aliphatic carboxylic acids is 1. The number of carboxylic acid groups (broad SMARTS) is 1. The maximum atomic E-state index is 12.4. The number of thiophene rings is 1. The Hall–Kier alpha value is -2.42. The number of ether oxygens (including phenoxy) is 1. The molecule has 0 unspecified atom stereocenters. The van der Waals surface area contributed by atoms with Crippen LogP contribution in [0.4, 0.5) is 0 Å². The van der Waals surface area contributed by atoms with E-state index in [0.717, 1.165) is 0 Å². The predicted molar refractivity (Wildman–Crippen MR) is 104 cm³/mol. The van der Waals surface area contributed by atoms with Crippen LogP contribution in [0.5, 0.6) is 0 Å². The van der Waals surface area contributed by atoms with Crippen LogP contribution in [0.2, 0.25) is 10.0 Å². The predicted octanol–water partition coefficient (Wildman–Crippen LogP) is 3.44. The van der Waals surface area contributed by atoms with E-state index in [4.69, 9.17) is 33.0 Å². The number of hydrogen-bond acceptors (Lipinski definition) is 6. The molecule has 10 heteroatoms. The van der Waals surface area contributed by atoms with Crippen LogP contribution in [0.25, 0.3) is 0 Å². The summed E-state index contributed by atoms with van der Waals surface area (Å²) in [7, 11) is 0. The van der Waals surface area contributed by atoms with Gasteiger partial charge in [-0.2, -0.15) is 0 Å². The van der Waals surface area contributed by atoms with Crippen LogP contribution in [0.15, 0.2) is 35.7 Å². The molecule has 7 nitrogen and oxygen atoms in total. The van der Waals surface area contributed by atoms with Gasteiger partial charge in [-0.25, -0.2) is 4.79 Å². The molecule has 0 saturated carbocycles. The zero-order valence-electron chi connectivity index (χ0n) is 14.3. The number of ketones is 1. The van der Waals surface area contributed by atoms with Gasteiger partial charge < -0.3 is 15.2 Å². The Morgan fingerprint density at radius 2 is 1.79 bits per heavy atom. The van der Waals surface area contributed by atoms with E-state index in [9.17, 15) is 19.2 Å². The van der Waals surface area contributed by atoms with E-state index in [1.54, 1.807) is 23.6 Å². The fraction of sp³-hybridized carbons (Fsp3) is 0.222. The molecule has 0 aliphatic carbocycles. The highest BCUT2D eigenvalue weighted by atomic mass is 35.5. The quantitative estimate of drug-likeness (QED) is 0.574. The van der Waals surface area contributed by atoms with Crippen LogP contribution in [-0.4, -0.2) is 41.4 Å². The largest absolute Gasteiger partial charge is 0.481 e. The van der Waals surface area contributed by atoms with Crippen molar-refractivity contribution in [3.63, 3.8) is 0 Å². The van der Waals surface area contributed by atoms with E-state index in [1.165, 1.54) is 23.5 Å². The van der Waals surface area contributed by atoms with Gasteiger partial charge in [0.15, 0.2) is 12.4 Å². The number of nitrogens with one attached hydrogen (secondary N) is 1. The Labute approximate surface area is 174 Å². The molecule has 0 spiro atoms. The number of rotatable bonds is 9. The van der Waals surface area contributed by atoms with Crippen molar-refractivity contribution in [3.8, 4) is 0 Å². The number of esters is 1. The van der Waals surface area contributed by atoms with Crippen molar-refractivity contribution in [1.82, 2.24) is 5.32 Å². The highest BCUT2D eigenvalue weighted by Crippen LogP contribution is 2.25. The Morgan fingerprint density at radius 1 is 1.11 bits per heavy atom. The van der Waals surface area contributed by atoms with Crippen molar-refractivity contribution in [1.29, 1.82) is 0 Å². The third-order valence-electron chi connectivity index (χ3n) is 3.60. The molecule has 0 aliphatic rings. The Kier molecular flexibility index (Phi) is 7.98. The normalized spacial score (nSPS) is 11.5. The smallest absolute Gasteiger partial charge is 0.341 e. The molecule has 0 radical (unpaired) electrons. The first-order chi connectivity index (χ1) is 13.3. The van der Waals surface area contributed by atoms with E-state index in [0.29, 0.717) is 4.88 Å². The van der Waals surface area contributed by atoms with Crippen LogP contribution < -0.4 is 5.32 Å². The molecule has 2 N–H and O–H groups in total. The second-order valence-corrected chi connectivity index (χ2v) is 7.34. The molecule has 2 rings (SSSR count). The number of carboxylic acids is 1. The van der Waals surface area contributed by atoms with E-state index >= 15 is 0 Å². The van der Waals surface area contributed by atoms with Gasteiger partial charge >= 0.3 is 11.9 Å². The maximum absolute atomic E-state index is 12.4. The lowest BCUT2D eigenvalue weighted by Crippen LogP contribution is -2.43. The molecule has 148 valence electrons. The fourth-order valence-electron chi connectivity index (χ4n) is 2.22. The maximum Gasteiger partial charge on any atom is 0.341 e. The fourth-order valence-corrected chi connectivity index (χ4v) is 3.40. The number of carbonyl (C=O) groups is 4. The Balaban J connectivity index is 2.03. The lowest BCUT2D eigenvalue weighted by molar-refractivity contribution is -0.137. The highest BCUT2D eigenvalue weighted by molar-refractivity contribution is 7.12. The zero-order valence-corrected chi connectivity index (χ0v) is 16.6. The summed E-state index contributed by atoms with van der Waals surface area (Å²) in [6, 6.07) is 6.56. The van der Waals surface area contributed by atoms with Crippen LogP contribution in [0, 0.1) is 0 Å². The molecule has 0 saturated heterocycles. The molecule has 1 aromatic heterocycles. The van der Waals surface area contributed by atoms with Crippen molar-refractivity contribution in [2.24, 2.45) is 0 Å². The number of halogens is 2. The van der Waals surface area contributed by atoms with Crippen molar-refractivity contribution in [3.05, 3.63) is 56.2 Å². The lowest BCUT2D eigenvalue weighted by Gasteiger charge is -2.17. The molecule has 0 fully saturated rings. The summed E-state index contributed by atoms with van der Waals surface area (Å²) in [5, 5.41) is 13.2. The van der Waals surface area contributed by atoms with Crippen molar-refractivity contribution in [2.75, 3.05) is 6.61 Å². The van der Waals surface area contributed by atoms with E-state index in [-0.39, 0.29) is 28.5 Å². The van der Waals surface area contributed by atoms with Gasteiger partial charge in [0, 0.05) is 6.42 Å². The van der Waals surface area contributed by atoms with Gasteiger partial charge in [0.05, 0.1) is 26.5 Å². The van der Waals surface area contributed by atoms with E-state index in [1.807, 2.05) is 0 Å². The average Bonchev–Trinajstić information content (AvgIpc) is 3.17. The van der Waals surface area contributed by atoms with Gasteiger partial charge in [0.1, 0.15) is 0 Å². The summed E-state index contributed by atoms with van der Waals surface area (Å²) in [5.74, 6) is -3.18. The summed E-state index contributed by atoms with van der Waals surface area (Å²) in [6.45, 7) is -0.671. The second-order valence-electron chi connectivity index (χ2n) is 5.57. The minimum atomic E-state index is -1.12. The summed E-state index contributed by atoms with van der Waals surface area (Å²) < 4.78 is 4.96. The SMILES string of the molecule is O=C(O)CC[C@H](NC(=O)c1cccs1)C(=O)COC(=O)c1c(Cl)cccc1Cl. The van der Waals surface area contributed by atoms with Gasteiger partial charge in [-0.05, 0) is 30.0 Å². The standard InChI is InChI=1S/C18H15Cl2NO6S/c19-10-3-1-4-11(20)16(10)18(26)27-9-13(22)12(6-7-15(23)24)21-17(25)14-5-2-8-28-14/h1-5,8,12H,6-7,9H2,(H,21,25)(H,23,24)/t12-/m0/s1. The van der Waals surface area contributed by atoms with Crippen molar-refractivity contribution < 1.29 is 29.0 Å². The third kappa shape index (κ3) is 6.05. The number of benzene rings is 1. The number of carbonyl (C=O) groups excluding carboxylic acids is 3. The Bertz CT molecular complexity index is 864. The van der Waals surface area contributed by atoms with Gasteiger partial charge in [0.2, 0.25) is 0 Å². The van der Waals surface area contributed by atoms with E-state index < -0.39 is 36.3 Å². The minimum Gasteiger partial charge on any atom is -0.481 e. The van der Waals surface area contributed by atoms with Crippen LogP contribution >= 0.6 is 34.5 Å². The zero-order chi connectivity index (χ0) is 20.7. The second kappa shape index (κ2) is 10.2. The first-order valence-electron chi connectivity index (χ1n) is 7.99. The molecule has 0 aliphatic heterocycles. The summed E-state index contributed by atoms with van der Waals surface area (Å²) >= 11 is 13.0. The number of amides is 1. The first kappa shape index (κ1) is 21.9. The third-order valence-corrected chi connectivity index (χ3v) is 5.10. The lowest BCUT2D eigenvalue weighted by atomic mass is 10.1. The van der Waals surface area contributed by atoms with Gasteiger partial charge in [-0.15, -0.1) is 11.3 Å². The molecule has 1 heterocycles. The molecule has 1 amide bonds.